The summed E-state index contributed by atoms with van der Waals surface area (Å²) >= 11 is 0. The highest BCUT2D eigenvalue weighted by Crippen LogP contribution is 2.28. The van der Waals surface area contributed by atoms with Crippen molar-refractivity contribution in [2.24, 2.45) is 0 Å². The van der Waals surface area contributed by atoms with Crippen LogP contribution in [0.3, 0.4) is 0 Å². The van der Waals surface area contributed by atoms with Crippen LogP contribution in [0.1, 0.15) is 141 Å². The van der Waals surface area contributed by atoms with Crippen molar-refractivity contribution in [3.8, 4) is 22.6 Å². The van der Waals surface area contributed by atoms with Gasteiger partial charge in [-0.1, -0.05) is 153 Å². The second-order valence-electron chi connectivity index (χ2n) is 21.5. The molecule has 0 saturated heterocycles. The number of carbonyl (C=O) groups is 2. The number of rotatable bonds is 43. The van der Waals surface area contributed by atoms with Crippen LogP contribution in [-0.4, -0.2) is 71.6 Å². The summed E-state index contributed by atoms with van der Waals surface area (Å²) in [6.07, 6.45) is 29.4. The van der Waals surface area contributed by atoms with E-state index in [-0.39, 0.29) is 11.9 Å². The Morgan fingerprint density at radius 2 is 0.603 bits per heavy atom. The van der Waals surface area contributed by atoms with Gasteiger partial charge in [-0.05, 0) is 138 Å². The predicted molar refractivity (Wildman–Crippen MR) is 298 cm³/mol. The van der Waals surface area contributed by atoms with Crippen molar-refractivity contribution in [2.45, 2.75) is 218 Å². The molecule has 0 fully saturated rings. The fraction of sp³-hybridized carbons (Fsp3) is 0.679. The van der Waals surface area contributed by atoms with Gasteiger partial charge in [0.1, 0.15) is 11.5 Å². The second kappa shape index (κ2) is 35.4. The van der Waals surface area contributed by atoms with Crippen LogP contribution in [0, 0.1) is 0 Å². The SMILES string of the molecule is C=CC(=O)OCCCC[Si](C)(C)O[Si](C)(C)CCCCCCCCCCCOc1ccc(-c2ccc(OCCCCCCCCCCC[Si](C)(C)O[Si](C)(C)CCCCOC(=O)C=C)cc2)cc1. The van der Waals surface area contributed by atoms with Crippen molar-refractivity contribution < 1.29 is 36.8 Å². The minimum absolute atomic E-state index is 0.333. The first-order chi connectivity index (χ1) is 32.4. The fourth-order valence-corrected chi connectivity index (χ4v) is 27.1. The van der Waals surface area contributed by atoms with E-state index in [2.05, 4.69) is 114 Å². The summed E-state index contributed by atoms with van der Waals surface area (Å²) in [4.78, 5) is 22.4. The topological polar surface area (TPSA) is 89.5 Å². The zero-order chi connectivity index (χ0) is 50.0. The Kier molecular flexibility index (Phi) is 31.9. The Hall–Kier alpha value is -2.75. The second-order valence-corrected chi connectivity index (χ2v) is 39.2. The number of carbonyl (C=O) groups excluding carboxylic acids is 2. The number of esters is 2. The van der Waals surface area contributed by atoms with Crippen LogP contribution in [-0.2, 0) is 27.3 Å². The third kappa shape index (κ3) is 32.2. The highest BCUT2D eigenvalue weighted by Gasteiger charge is 2.33. The lowest BCUT2D eigenvalue weighted by Crippen LogP contribution is -2.44. The normalized spacial score (nSPS) is 12.2. The van der Waals surface area contributed by atoms with Crippen molar-refractivity contribution in [3.63, 3.8) is 0 Å². The van der Waals surface area contributed by atoms with Gasteiger partial charge in [-0.2, -0.15) is 0 Å². The lowest BCUT2D eigenvalue weighted by molar-refractivity contribution is -0.138. The first-order valence-corrected chi connectivity index (χ1v) is 39.4. The highest BCUT2D eigenvalue weighted by molar-refractivity contribution is 6.85. The van der Waals surface area contributed by atoms with Crippen LogP contribution in [0.2, 0.25) is 76.6 Å². The molecule has 0 spiro atoms. The quantitative estimate of drug-likeness (QED) is 0.0281. The Morgan fingerprint density at radius 1 is 0.368 bits per heavy atom. The van der Waals surface area contributed by atoms with Crippen molar-refractivity contribution in [1.82, 2.24) is 0 Å². The van der Waals surface area contributed by atoms with Gasteiger partial charge in [-0.3, -0.25) is 0 Å². The standard InChI is InChI=1S/C56H98O8Si4/c1-11-55(57)61-45-29-33-49-67(7,8)63-65(3,4)47-31-25-21-17-13-15-19-23-27-43-59-53-39-35-51(36-40-53)52-37-41-54(42-38-52)60-44-28-24-20-16-14-18-22-26-32-48-66(5,6)64-68(9,10)50-34-30-46-62-56(58)12-2/h11-12,35-42H,1-2,13-34,43-50H2,3-10H3. The zero-order valence-corrected chi connectivity index (χ0v) is 48.7. The van der Waals surface area contributed by atoms with E-state index in [4.69, 9.17) is 27.2 Å². The molecule has 0 bridgehead atoms. The maximum absolute atomic E-state index is 11.2. The molecule has 0 heterocycles. The molecule has 0 aliphatic heterocycles. The largest absolute Gasteiger partial charge is 0.494 e. The Labute approximate surface area is 420 Å². The van der Waals surface area contributed by atoms with Gasteiger partial charge in [0.25, 0.3) is 0 Å². The van der Waals surface area contributed by atoms with Gasteiger partial charge in [0.05, 0.1) is 26.4 Å². The molecule has 0 aromatic heterocycles. The maximum atomic E-state index is 11.2. The van der Waals surface area contributed by atoms with Crippen LogP contribution in [0.5, 0.6) is 11.5 Å². The van der Waals surface area contributed by atoms with Gasteiger partial charge in [-0.15, -0.1) is 0 Å². The van der Waals surface area contributed by atoms with E-state index < -0.39 is 33.3 Å². The summed E-state index contributed by atoms with van der Waals surface area (Å²) in [5, 5.41) is 0. The summed E-state index contributed by atoms with van der Waals surface area (Å²) in [6.45, 7) is 28.3. The first-order valence-electron chi connectivity index (χ1n) is 26.9. The van der Waals surface area contributed by atoms with Gasteiger partial charge in [0.2, 0.25) is 0 Å². The van der Waals surface area contributed by atoms with Gasteiger partial charge >= 0.3 is 11.9 Å². The zero-order valence-electron chi connectivity index (χ0n) is 44.7. The van der Waals surface area contributed by atoms with Gasteiger partial charge in [0.15, 0.2) is 33.3 Å². The van der Waals surface area contributed by atoms with E-state index in [1.54, 1.807) is 0 Å². The Balaban J connectivity index is 1.43. The van der Waals surface area contributed by atoms with E-state index in [1.165, 1.54) is 138 Å². The molecule has 8 nitrogen and oxygen atoms in total. The lowest BCUT2D eigenvalue weighted by Gasteiger charge is -2.34. The molecule has 68 heavy (non-hydrogen) atoms. The van der Waals surface area contributed by atoms with E-state index in [0.29, 0.717) is 13.2 Å². The number of benzene rings is 2. The summed E-state index contributed by atoms with van der Waals surface area (Å²) in [5.41, 5.74) is 2.39. The molecule has 0 aliphatic rings. The smallest absolute Gasteiger partial charge is 0.330 e. The number of ether oxygens (including phenoxy) is 4. The van der Waals surface area contributed by atoms with E-state index in [0.717, 1.165) is 75.3 Å². The molecule has 386 valence electrons. The van der Waals surface area contributed by atoms with Gasteiger partial charge in [-0.25, -0.2) is 9.59 Å². The van der Waals surface area contributed by atoms with Crippen LogP contribution < -0.4 is 9.47 Å². The molecule has 2 aromatic rings. The molecule has 0 saturated carbocycles. The van der Waals surface area contributed by atoms with Crippen LogP contribution >= 0.6 is 0 Å². The third-order valence-electron chi connectivity index (χ3n) is 12.7. The fourth-order valence-electron chi connectivity index (χ4n) is 9.12. The summed E-state index contributed by atoms with van der Waals surface area (Å²) in [7, 11) is -6.69. The van der Waals surface area contributed by atoms with Crippen molar-refractivity contribution in [3.05, 3.63) is 73.8 Å². The summed E-state index contributed by atoms with van der Waals surface area (Å²) in [6, 6.07) is 21.7. The number of unbranched alkanes of at least 4 members (excludes halogenated alkanes) is 18. The molecule has 2 rings (SSSR count). The number of hydrogen-bond donors (Lipinski definition) is 0. The molecule has 0 amide bonds. The summed E-state index contributed by atoms with van der Waals surface area (Å²) in [5.74, 6) is 1.22. The average molecular weight is 1010 g/mol. The van der Waals surface area contributed by atoms with Crippen LogP contribution in [0.25, 0.3) is 11.1 Å². The molecule has 12 heteroatoms. The lowest BCUT2D eigenvalue weighted by atomic mass is 10.1. The molecule has 0 unspecified atom stereocenters. The molecule has 0 radical (unpaired) electrons. The van der Waals surface area contributed by atoms with Crippen molar-refractivity contribution in [2.75, 3.05) is 26.4 Å². The molecule has 0 aliphatic carbocycles. The van der Waals surface area contributed by atoms with Crippen molar-refractivity contribution >= 4 is 45.2 Å². The maximum Gasteiger partial charge on any atom is 0.330 e. The van der Waals surface area contributed by atoms with E-state index >= 15 is 0 Å². The molecular weight excluding hydrogens is 913 g/mol. The van der Waals surface area contributed by atoms with Crippen LogP contribution in [0.4, 0.5) is 0 Å². The molecular formula is C56H98O8Si4. The average Bonchev–Trinajstić information content (AvgIpc) is 3.28. The predicted octanol–water partition coefficient (Wildman–Crippen LogP) is 17.0. The van der Waals surface area contributed by atoms with E-state index in [1.807, 2.05) is 0 Å². The monoisotopic (exact) mass is 1010 g/mol. The molecule has 0 N–H and O–H groups in total. The minimum atomic E-state index is -1.70. The van der Waals surface area contributed by atoms with Gasteiger partial charge in [0, 0.05) is 12.2 Å². The first kappa shape index (κ1) is 61.4. The van der Waals surface area contributed by atoms with Crippen LogP contribution in [0.15, 0.2) is 73.8 Å². The Morgan fingerprint density at radius 3 is 0.882 bits per heavy atom. The molecule has 0 atom stereocenters. The number of hydrogen-bond acceptors (Lipinski definition) is 8. The van der Waals surface area contributed by atoms with E-state index in [9.17, 15) is 9.59 Å². The Bertz CT molecular complexity index is 1520. The molecule has 2 aromatic carbocycles. The summed E-state index contributed by atoms with van der Waals surface area (Å²) < 4.78 is 36.0. The van der Waals surface area contributed by atoms with Crippen molar-refractivity contribution in [1.29, 1.82) is 0 Å². The van der Waals surface area contributed by atoms with Gasteiger partial charge < -0.3 is 27.2 Å². The minimum Gasteiger partial charge on any atom is -0.494 e. The third-order valence-corrected chi connectivity index (χ3v) is 27.8. The highest BCUT2D eigenvalue weighted by atomic mass is 28.4.